The van der Waals surface area contributed by atoms with Gasteiger partial charge in [-0.3, -0.25) is 4.90 Å². The van der Waals surface area contributed by atoms with Gasteiger partial charge in [-0.25, -0.2) is 14.2 Å². The smallest absolute Gasteiger partial charge is 0.407 e. The number of carbonyl (C=O) groups is 1. The highest BCUT2D eigenvalue weighted by Gasteiger charge is 2.25. The zero-order valence-corrected chi connectivity index (χ0v) is 8.82. The second-order valence-electron chi connectivity index (χ2n) is 3.31. The predicted octanol–water partition coefficient (Wildman–Crippen LogP) is 1.66. The molecule has 1 aliphatic heterocycles. The molecular weight excluding hydrogens is 239 g/mol. The van der Waals surface area contributed by atoms with Crippen molar-refractivity contribution < 1.29 is 19.0 Å². The Balaban J connectivity index is 2.36. The molecule has 1 aromatic rings. The molecule has 0 fully saturated rings. The van der Waals surface area contributed by atoms with Gasteiger partial charge in [0.05, 0.1) is 19.3 Å². The third kappa shape index (κ3) is 2.16. The van der Waals surface area contributed by atoms with Gasteiger partial charge in [-0.2, -0.15) is 0 Å². The van der Waals surface area contributed by atoms with Crippen LogP contribution in [0.5, 0.6) is 5.88 Å². The molecule has 1 aliphatic rings. The van der Waals surface area contributed by atoms with Crippen molar-refractivity contribution in [3.63, 3.8) is 0 Å². The number of carboxylic acid groups (broad SMARTS) is 1. The molecular formula is C9H8ClFN2O3. The second-order valence-corrected chi connectivity index (χ2v) is 3.80. The van der Waals surface area contributed by atoms with Gasteiger partial charge < -0.3 is 9.84 Å². The Morgan fingerprint density at radius 3 is 3.19 bits per heavy atom. The summed E-state index contributed by atoms with van der Waals surface area (Å²) in [7, 11) is 0. The topological polar surface area (TPSA) is 62.7 Å². The summed E-state index contributed by atoms with van der Waals surface area (Å²) in [6.07, 6.45) is -0.134. The SMILES string of the molecule is O=C(O)N1Cc2cc(F)cnc2OC(Cl)C1. The summed E-state index contributed by atoms with van der Waals surface area (Å²) in [6, 6.07) is 1.19. The molecule has 1 N–H and O–H groups in total. The fraction of sp³-hybridized carbons (Fsp3) is 0.333. The highest BCUT2D eigenvalue weighted by molar-refractivity contribution is 6.20. The van der Waals surface area contributed by atoms with E-state index >= 15 is 0 Å². The van der Waals surface area contributed by atoms with Crippen molar-refractivity contribution in [2.75, 3.05) is 6.54 Å². The molecule has 2 rings (SSSR count). The zero-order valence-electron chi connectivity index (χ0n) is 8.06. The van der Waals surface area contributed by atoms with E-state index in [0.29, 0.717) is 5.56 Å². The molecule has 0 aliphatic carbocycles. The van der Waals surface area contributed by atoms with Crippen LogP contribution >= 0.6 is 11.6 Å². The lowest BCUT2D eigenvalue weighted by molar-refractivity contribution is 0.132. The lowest BCUT2D eigenvalue weighted by atomic mass is 10.2. The monoisotopic (exact) mass is 246 g/mol. The number of hydrogen-bond donors (Lipinski definition) is 1. The molecule has 0 bridgehead atoms. The van der Waals surface area contributed by atoms with E-state index in [-0.39, 0.29) is 19.0 Å². The van der Waals surface area contributed by atoms with Crippen molar-refractivity contribution in [3.05, 3.63) is 23.6 Å². The normalized spacial score (nSPS) is 19.6. The molecule has 16 heavy (non-hydrogen) atoms. The number of nitrogens with zero attached hydrogens (tertiary/aromatic N) is 2. The van der Waals surface area contributed by atoms with Crippen LogP contribution in [-0.2, 0) is 6.54 Å². The van der Waals surface area contributed by atoms with Crippen molar-refractivity contribution in [3.8, 4) is 5.88 Å². The number of pyridine rings is 1. The van der Waals surface area contributed by atoms with Crippen LogP contribution in [-0.4, -0.2) is 33.2 Å². The minimum absolute atomic E-state index is 0.00880. The van der Waals surface area contributed by atoms with E-state index in [2.05, 4.69) is 4.98 Å². The van der Waals surface area contributed by atoms with Gasteiger partial charge in [0.1, 0.15) is 5.82 Å². The number of halogens is 2. The minimum atomic E-state index is -1.13. The van der Waals surface area contributed by atoms with E-state index in [1.54, 1.807) is 0 Å². The first-order valence-electron chi connectivity index (χ1n) is 4.49. The summed E-state index contributed by atoms with van der Waals surface area (Å²) in [5.41, 5.74) is -0.458. The third-order valence-corrected chi connectivity index (χ3v) is 2.35. The highest BCUT2D eigenvalue weighted by atomic mass is 35.5. The molecule has 0 saturated heterocycles. The number of fused-ring (bicyclic) bond motifs is 1. The van der Waals surface area contributed by atoms with Crippen LogP contribution in [0.15, 0.2) is 12.3 Å². The molecule has 1 atom stereocenters. The molecule has 86 valence electrons. The number of ether oxygens (including phenoxy) is 1. The number of amides is 1. The maximum absolute atomic E-state index is 12.9. The summed E-state index contributed by atoms with van der Waals surface area (Å²) < 4.78 is 18.1. The quantitative estimate of drug-likeness (QED) is 0.707. The summed E-state index contributed by atoms with van der Waals surface area (Å²) >= 11 is 5.77. The van der Waals surface area contributed by atoms with Gasteiger partial charge in [-0.1, -0.05) is 11.6 Å². The Morgan fingerprint density at radius 1 is 1.75 bits per heavy atom. The molecule has 0 radical (unpaired) electrons. The zero-order chi connectivity index (χ0) is 11.7. The summed E-state index contributed by atoms with van der Waals surface area (Å²) in [5, 5.41) is 8.87. The maximum Gasteiger partial charge on any atom is 0.407 e. The van der Waals surface area contributed by atoms with Crippen LogP contribution in [0.25, 0.3) is 0 Å². The van der Waals surface area contributed by atoms with Crippen molar-refractivity contribution in [2.24, 2.45) is 0 Å². The largest absolute Gasteiger partial charge is 0.465 e. The van der Waals surface area contributed by atoms with Gasteiger partial charge in [0, 0.05) is 5.56 Å². The Bertz CT molecular complexity index is 429. The van der Waals surface area contributed by atoms with Gasteiger partial charge in [0.15, 0.2) is 5.56 Å². The summed E-state index contributed by atoms with van der Waals surface area (Å²) in [5.74, 6) is -0.370. The summed E-state index contributed by atoms with van der Waals surface area (Å²) in [4.78, 5) is 15.6. The van der Waals surface area contributed by atoms with Crippen molar-refractivity contribution in [2.45, 2.75) is 12.1 Å². The summed E-state index contributed by atoms with van der Waals surface area (Å²) in [6.45, 7) is 0.0213. The first-order valence-corrected chi connectivity index (χ1v) is 4.93. The Kier molecular flexibility index (Phi) is 2.82. The van der Waals surface area contributed by atoms with Crippen LogP contribution in [0.4, 0.5) is 9.18 Å². The van der Waals surface area contributed by atoms with Gasteiger partial charge in [0.25, 0.3) is 0 Å². The molecule has 5 nitrogen and oxygen atoms in total. The lowest BCUT2D eigenvalue weighted by Crippen LogP contribution is -2.33. The molecule has 0 spiro atoms. The third-order valence-electron chi connectivity index (χ3n) is 2.13. The van der Waals surface area contributed by atoms with Gasteiger partial charge >= 0.3 is 6.09 Å². The predicted molar refractivity (Wildman–Crippen MR) is 52.9 cm³/mol. The fourth-order valence-electron chi connectivity index (χ4n) is 1.44. The standard InChI is InChI=1S/C9H8ClFN2O3/c10-7-4-13(9(14)15)3-5-1-6(11)2-12-8(5)16-7/h1-2,7H,3-4H2,(H,14,15). The number of hydrogen-bond acceptors (Lipinski definition) is 3. The number of rotatable bonds is 0. The molecule has 0 saturated carbocycles. The van der Waals surface area contributed by atoms with Gasteiger partial charge in [-0.05, 0) is 6.07 Å². The van der Waals surface area contributed by atoms with E-state index in [0.717, 1.165) is 11.1 Å². The molecule has 1 aromatic heterocycles. The van der Waals surface area contributed by atoms with Crippen molar-refractivity contribution in [1.29, 1.82) is 0 Å². The number of aromatic nitrogens is 1. The van der Waals surface area contributed by atoms with Crippen LogP contribution < -0.4 is 4.74 Å². The Morgan fingerprint density at radius 2 is 2.50 bits per heavy atom. The Labute approximate surface area is 95.4 Å². The second kappa shape index (κ2) is 4.13. The molecule has 0 aromatic carbocycles. The van der Waals surface area contributed by atoms with Crippen LogP contribution in [0.2, 0.25) is 0 Å². The molecule has 7 heteroatoms. The maximum atomic E-state index is 12.9. The van der Waals surface area contributed by atoms with Crippen molar-refractivity contribution in [1.82, 2.24) is 9.88 Å². The van der Waals surface area contributed by atoms with E-state index in [1.807, 2.05) is 0 Å². The fourth-order valence-corrected chi connectivity index (χ4v) is 1.69. The number of alkyl halides is 1. The van der Waals surface area contributed by atoms with Crippen LogP contribution in [0.3, 0.4) is 0 Å². The van der Waals surface area contributed by atoms with E-state index < -0.39 is 17.5 Å². The molecule has 2 heterocycles. The lowest BCUT2D eigenvalue weighted by Gasteiger charge is -2.16. The first kappa shape index (κ1) is 10.9. The minimum Gasteiger partial charge on any atom is -0.465 e. The Hall–Kier alpha value is -1.56. The average Bonchev–Trinajstić information content (AvgIpc) is 2.36. The van der Waals surface area contributed by atoms with Crippen LogP contribution in [0, 0.1) is 5.82 Å². The first-order chi connectivity index (χ1) is 7.56. The van der Waals surface area contributed by atoms with Gasteiger partial charge in [0.2, 0.25) is 5.88 Å². The average molecular weight is 247 g/mol. The molecule has 1 unspecified atom stereocenters. The van der Waals surface area contributed by atoms with Crippen molar-refractivity contribution >= 4 is 17.7 Å². The van der Waals surface area contributed by atoms with Crippen LogP contribution in [0.1, 0.15) is 5.56 Å². The van der Waals surface area contributed by atoms with E-state index in [4.69, 9.17) is 21.4 Å². The van der Waals surface area contributed by atoms with E-state index in [1.165, 1.54) is 6.07 Å². The van der Waals surface area contributed by atoms with E-state index in [9.17, 15) is 9.18 Å². The highest BCUT2D eigenvalue weighted by Crippen LogP contribution is 2.24. The molecule has 1 amide bonds. The van der Waals surface area contributed by atoms with Gasteiger partial charge in [-0.15, -0.1) is 0 Å².